The first-order valence-electron chi connectivity index (χ1n) is 7.74. The largest absolute Gasteiger partial charge is 0.339 e. The maximum absolute atomic E-state index is 12.3. The van der Waals surface area contributed by atoms with Crippen LogP contribution in [-0.4, -0.2) is 54.2 Å². The molecule has 0 spiro atoms. The topological polar surface area (TPSA) is 23.6 Å². The second-order valence-electron chi connectivity index (χ2n) is 6.18. The van der Waals surface area contributed by atoms with Crippen molar-refractivity contribution in [2.75, 3.05) is 38.5 Å². The Bertz CT molecular complexity index is 450. The summed E-state index contributed by atoms with van der Waals surface area (Å²) in [5, 5.41) is 0. The van der Waals surface area contributed by atoms with Gasteiger partial charge in [-0.05, 0) is 25.0 Å². The van der Waals surface area contributed by atoms with Crippen LogP contribution >= 0.6 is 11.8 Å². The van der Waals surface area contributed by atoms with Crippen LogP contribution in [0.25, 0.3) is 0 Å². The van der Waals surface area contributed by atoms with Gasteiger partial charge in [0, 0.05) is 37.6 Å². The van der Waals surface area contributed by atoms with Gasteiger partial charge in [-0.15, -0.1) is 11.8 Å². The molecule has 0 N–H and O–H groups in total. The summed E-state index contributed by atoms with van der Waals surface area (Å²) in [6, 6.07) is 8.37. The highest BCUT2D eigenvalue weighted by molar-refractivity contribution is 8.00. The summed E-state index contributed by atoms with van der Waals surface area (Å²) in [5.74, 6) is 1.52. The van der Waals surface area contributed by atoms with E-state index in [-0.39, 0.29) is 5.91 Å². The Balaban J connectivity index is 1.73. The van der Waals surface area contributed by atoms with E-state index >= 15 is 0 Å². The lowest BCUT2D eigenvalue weighted by molar-refractivity contribution is -0.130. The minimum absolute atomic E-state index is 0.268. The van der Waals surface area contributed by atoms with E-state index in [1.807, 2.05) is 4.90 Å². The second-order valence-corrected chi connectivity index (χ2v) is 7.23. The minimum atomic E-state index is 0.268. The molecule has 1 amide bonds. The van der Waals surface area contributed by atoms with E-state index < -0.39 is 0 Å². The van der Waals surface area contributed by atoms with Crippen LogP contribution in [0.1, 0.15) is 19.4 Å². The van der Waals surface area contributed by atoms with Gasteiger partial charge in [-0.25, -0.2) is 0 Å². The average molecular weight is 306 g/mol. The van der Waals surface area contributed by atoms with E-state index in [1.54, 1.807) is 11.8 Å². The van der Waals surface area contributed by atoms with Crippen LogP contribution in [0.3, 0.4) is 0 Å². The fourth-order valence-corrected chi connectivity index (χ4v) is 3.37. The molecule has 21 heavy (non-hydrogen) atoms. The van der Waals surface area contributed by atoms with Crippen LogP contribution < -0.4 is 0 Å². The number of hydrogen-bond donors (Lipinski definition) is 0. The monoisotopic (exact) mass is 306 g/mol. The van der Waals surface area contributed by atoms with Crippen molar-refractivity contribution in [3.8, 4) is 0 Å². The van der Waals surface area contributed by atoms with Crippen LogP contribution in [0.5, 0.6) is 0 Å². The van der Waals surface area contributed by atoms with Crippen LogP contribution in [0.2, 0.25) is 0 Å². The Kier molecular flexibility index (Phi) is 6.12. The summed E-state index contributed by atoms with van der Waals surface area (Å²) in [6.07, 6.45) is 0. The summed E-state index contributed by atoms with van der Waals surface area (Å²) >= 11 is 1.64. The molecule has 0 unspecified atom stereocenters. The molecule has 1 aromatic carbocycles. The first kappa shape index (κ1) is 16.4. The molecule has 0 saturated carbocycles. The highest BCUT2D eigenvalue weighted by Gasteiger charge is 2.21. The molecule has 1 aromatic rings. The van der Waals surface area contributed by atoms with Crippen LogP contribution in [-0.2, 0) is 4.79 Å². The number of carbonyl (C=O) groups is 1. The zero-order valence-corrected chi connectivity index (χ0v) is 14.2. The lowest BCUT2D eigenvalue weighted by Crippen LogP contribution is -2.49. The number of rotatable bonds is 5. The van der Waals surface area contributed by atoms with Gasteiger partial charge in [0.25, 0.3) is 0 Å². The van der Waals surface area contributed by atoms with Crippen molar-refractivity contribution in [3.05, 3.63) is 29.8 Å². The number of thioether (sulfide) groups is 1. The molecule has 1 aliphatic rings. The standard InChI is InChI=1S/C17H26N2OS/c1-14(2)12-18-8-10-19(11-9-18)17(20)13-21-16-6-4-15(3)5-7-16/h4-7,14H,8-13H2,1-3H3. The Morgan fingerprint density at radius 2 is 1.76 bits per heavy atom. The fraction of sp³-hybridized carbons (Fsp3) is 0.588. The van der Waals surface area contributed by atoms with Gasteiger partial charge >= 0.3 is 0 Å². The van der Waals surface area contributed by atoms with Crippen molar-refractivity contribution in [2.24, 2.45) is 5.92 Å². The SMILES string of the molecule is Cc1ccc(SCC(=O)N2CCN(CC(C)C)CC2)cc1. The van der Waals surface area contributed by atoms with E-state index in [0.29, 0.717) is 11.7 Å². The van der Waals surface area contributed by atoms with Crippen molar-refractivity contribution in [1.82, 2.24) is 9.80 Å². The van der Waals surface area contributed by atoms with Gasteiger partial charge < -0.3 is 4.90 Å². The molecule has 1 aliphatic heterocycles. The lowest BCUT2D eigenvalue weighted by atomic mass is 10.2. The molecule has 1 heterocycles. The summed E-state index contributed by atoms with van der Waals surface area (Å²) in [4.78, 5) is 17.9. The van der Waals surface area contributed by atoms with Gasteiger partial charge in [0.1, 0.15) is 0 Å². The molecule has 116 valence electrons. The molecule has 1 saturated heterocycles. The Labute approximate surface area is 132 Å². The number of aryl methyl sites for hydroxylation is 1. The normalized spacial score (nSPS) is 16.5. The van der Waals surface area contributed by atoms with E-state index in [9.17, 15) is 4.79 Å². The first-order valence-corrected chi connectivity index (χ1v) is 8.73. The summed E-state index contributed by atoms with van der Waals surface area (Å²) < 4.78 is 0. The summed E-state index contributed by atoms with van der Waals surface area (Å²) in [5.41, 5.74) is 1.26. The zero-order valence-electron chi connectivity index (χ0n) is 13.3. The molecule has 0 bridgehead atoms. The maximum Gasteiger partial charge on any atom is 0.233 e. The lowest BCUT2D eigenvalue weighted by Gasteiger charge is -2.35. The van der Waals surface area contributed by atoms with E-state index in [2.05, 4.69) is 49.9 Å². The van der Waals surface area contributed by atoms with Gasteiger partial charge in [-0.3, -0.25) is 9.69 Å². The maximum atomic E-state index is 12.3. The first-order chi connectivity index (χ1) is 10.0. The molecule has 2 rings (SSSR count). The molecule has 3 nitrogen and oxygen atoms in total. The third-order valence-electron chi connectivity index (χ3n) is 3.73. The molecule has 4 heteroatoms. The molecule has 0 radical (unpaired) electrons. The van der Waals surface area contributed by atoms with Crippen molar-refractivity contribution < 1.29 is 4.79 Å². The van der Waals surface area contributed by atoms with Crippen LogP contribution in [0, 0.1) is 12.8 Å². The number of carbonyl (C=O) groups excluding carboxylic acids is 1. The highest BCUT2D eigenvalue weighted by Crippen LogP contribution is 2.19. The average Bonchev–Trinajstić information content (AvgIpc) is 2.46. The number of amides is 1. The third kappa shape index (κ3) is 5.36. The van der Waals surface area contributed by atoms with Gasteiger partial charge in [0.2, 0.25) is 5.91 Å². The summed E-state index contributed by atoms with van der Waals surface area (Å²) in [6.45, 7) is 11.5. The third-order valence-corrected chi connectivity index (χ3v) is 4.73. The smallest absolute Gasteiger partial charge is 0.233 e. The fourth-order valence-electron chi connectivity index (χ4n) is 2.57. The van der Waals surface area contributed by atoms with Gasteiger partial charge in [-0.1, -0.05) is 31.5 Å². The molecular weight excluding hydrogens is 280 g/mol. The van der Waals surface area contributed by atoms with E-state index in [4.69, 9.17) is 0 Å². The quantitative estimate of drug-likeness (QED) is 0.782. The van der Waals surface area contributed by atoms with E-state index in [0.717, 1.165) is 32.7 Å². The van der Waals surface area contributed by atoms with Crippen molar-refractivity contribution in [2.45, 2.75) is 25.7 Å². The number of benzene rings is 1. The van der Waals surface area contributed by atoms with E-state index in [1.165, 1.54) is 10.5 Å². The molecular formula is C17H26N2OS. The van der Waals surface area contributed by atoms with Gasteiger partial charge in [0.05, 0.1) is 5.75 Å². The van der Waals surface area contributed by atoms with Crippen molar-refractivity contribution in [1.29, 1.82) is 0 Å². The van der Waals surface area contributed by atoms with Crippen LogP contribution in [0.15, 0.2) is 29.2 Å². The van der Waals surface area contributed by atoms with Gasteiger partial charge in [-0.2, -0.15) is 0 Å². The second kappa shape index (κ2) is 7.85. The number of hydrogen-bond acceptors (Lipinski definition) is 3. The zero-order chi connectivity index (χ0) is 15.2. The predicted octanol–water partition coefficient (Wildman–Crippen LogP) is 2.89. The Hall–Kier alpha value is -1.00. The molecule has 0 atom stereocenters. The minimum Gasteiger partial charge on any atom is -0.339 e. The molecule has 1 fully saturated rings. The van der Waals surface area contributed by atoms with Gasteiger partial charge in [0.15, 0.2) is 0 Å². The number of piperazine rings is 1. The highest BCUT2D eigenvalue weighted by atomic mass is 32.2. The predicted molar refractivity (Wildman–Crippen MR) is 89.8 cm³/mol. The van der Waals surface area contributed by atoms with Crippen molar-refractivity contribution in [3.63, 3.8) is 0 Å². The number of nitrogens with zero attached hydrogens (tertiary/aromatic N) is 2. The van der Waals surface area contributed by atoms with Crippen molar-refractivity contribution >= 4 is 17.7 Å². The Morgan fingerprint density at radius 1 is 1.14 bits per heavy atom. The Morgan fingerprint density at radius 3 is 2.33 bits per heavy atom. The molecule has 0 aliphatic carbocycles. The molecule has 0 aromatic heterocycles. The summed E-state index contributed by atoms with van der Waals surface area (Å²) in [7, 11) is 0. The van der Waals surface area contributed by atoms with Crippen LogP contribution in [0.4, 0.5) is 0 Å².